The van der Waals surface area contributed by atoms with Gasteiger partial charge in [-0.05, 0) is 6.07 Å². The van der Waals surface area contributed by atoms with Crippen LogP contribution in [0.1, 0.15) is 5.82 Å². The van der Waals surface area contributed by atoms with E-state index < -0.39 is 23.4 Å². The summed E-state index contributed by atoms with van der Waals surface area (Å²) >= 11 is 11.4. The van der Waals surface area contributed by atoms with E-state index in [-0.39, 0.29) is 15.7 Å². The number of hydrogen-bond donors (Lipinski definition) is 1. The van der Waals surface area contributed by atoms with Crippen LogP contribution in [0.25, 0.3) is 5.69 Å². The van der Waals surface area contributed by atoms with Crippen LogP contribution in [-0.4, -0.2) is 19.5 Å². The first kappa shape index (κ1) is 14.7. The first-order valence-corrected chi connectivity index (χ1v) is 5.80. The SMILES string of the molecule is Cn1c(C(F)(F)F)nn(-c2cc(O)c(Cl)cc2Cl)c1=O. The normalized spacial score (nSPS) is 11.9. The van der Waals surface area contributed by atoms with Crippen LogP contribution in [0.15, 0.2) is 16.9 Å². The van der Waals surface area contributed by atoms with Gasteiger partial charge in [0.2, 0.25) is 5.82 Å². The van der Waals surface area contributed by atoms with Crippen molar-refractivity contribution < 1.29 is 18.3 Å². The maximum atomic E-state index is 12.7. The molecule has 0 saturated carbocycles. The molecule has 0 aliphatic carbocycles. The Labute approximate surface area is 119 Å². The van der Waals surface area contributed by atoms with Gasteiger partial charge in [0.05, 0.1) is 15.7 Å². The molecule has 5 nitrogen and oxygen atoms in total. The van der Waals surface area contributed by atoms with Crippen molar-refractivity contribution in [1.82, 2.24) is 14.3 Å². The van der Waals surface area contributed by atoms with E-state index in [2.05, 4.69) is 5.10 Å². The van der Waals surface area contributed by atoms with E-state index in [0.717, 1.165) is 19.2 Å². The molecule has 10 heteroatoms. The number of benzene rings is 1. The summed E-state index contributed by atoms with van der Waals surface area (Å²) in [5, 5.41) is 12.4. The first-order chi connectivity index (χ1) is 9.12. The number of aromatic nitrogens is 3. The van der Waals surface area contributed by atoms with Gasteiger partial charge < -0.3 is 5.11 Å². The highest BCUT2D eigenvalue weighted by Crippen LogP contribution is 2.32. The number of rotatable bonds is 1. The molecular formula is C10H6Cl2F3N3O2. The summed E-state index contributed by atoms with van der Waals surface area (Å²) in [6.07, 6.45) is -4.79. The molecule has 0 bridgehead atoms. The van der Waals surface area contributed by atoms with Crippen LogP contribution < -0.4 is 5.69 Å². The van der Waals surface area contributed by atoms with E-state index in [0.29, 0.717) is 9.25 Å². The summed E-state index contributed by atoms with van der Waals surface area (Å²) in [6.45, 7) is 0. The van der Waals surface area contributed by atoms with Crippen LogP contribution in [0.2, 0.25) is 10.0 Å². The molecule has 108 valence electrons. The van der Waals surface area contributed by atoms with Crippen LogP contribution >= 0.6 is 23.2 Å². The maximum absolute atomic E-state index is 12.7. The van der Waals surface area contributed by atoms with E-state index in [9.17, 15) is 23.1 Å². The first-order valence-electron chi connectivity index (χ1n) is 5.04. The van der Waals surface area contributed by atoms with Crippen LogP contribution in [0, 0.1) is 0 Å². The van der Waals surface area contributed by atoms with Gasteiger partial charge in [-0.3, -0.25) is 4.57 Å². The number of aromatic hydroxyl groups is 1. The average Bonchev–Trinajstić information content (AvgIpc) is 2.61. The number of phenols is 1. The summed E-state index contributed by atoms with van der Waals surface area (Å²) in [7, 11) is 0.929. The predicted octanol–water partition coefficient (Wildman–Crippen LogP) is 2.60. The lowest BCUT2D eigenvalue weighted by molar-refractivity contribution is -0.147. The standard InChI is InChI=1S/C10H6Cl2F3N3O2/c1-17-8(10(13,14)15)16-18(9(17)20)6-3-7(19)5(12)2-4(6)11/h2-3,19H,1H3. The van der Waals surface area contributed by atoms with Gasteiger partial charge in [-0.1, -0.05) is 23.2 Å². The third kappa shape index (κ3) is 2.36. The molecule has 0 saturated heterocycles. The van der Waals surface area contributed by atoms with Crippen molar-refractivity contribution >= 4 is 23.2 Å². The third-order valence-corrected chi connectivity index (χ3v) is 3.08. The monoisotopic (exact) mass is 327 g/mol. The van der Waals surface area contributed by atoms with Gasteiger partial charge in [0.1, 0.15) is 5.75 Å². The molecule has 2 rings (SSSR count). The van der Waals surface area contributed by atoms with E-state index in [4.69, 9.17) is 23.2 Å². The van der Waals surface area contributed by atoms with Crippen LogP contribution in [0.3, 0.4) is 0 Å². The second kappa shape index (κ2) is 4.71. The topological polar surface area (TPSA) is 60.1 Å². The maximum Gasteiger partial charge on any atom is 0.451 e. The predicted molar refractivity (Wildman–Crippen MR) is 65.5 cm³/mol. The summed E-state index contributed by atoms with van der Waals surface area (Å²) in [5.74, 6) is -1.81. The molecule has 1 aromatic heterocycles. The highest BCUT2D eigenvalue weighted by molar-refractivity contribution is 6.36. The van der Waals surface area contributed by atoms with Gasteiger partial charge in [0.25, 0.3) is 0 Å². The molecule has 1 N–H and O–H groups in total. The molecule has 0 radical (unpaired) electrons. The van der Waals surface area contributed by atoms with Gasteiger partial charge in [0, 0.05) is 13.1 Å². The Balaban J connectivity index is 2.72. The zero-order valence-corrected chi connectivity index (χ0v) is 11.3. The Morgan fingerprint density at radius 3 is 2.35 bits per heavy atom. The van der Waals surface area contributed by atoms with Crippen molar-refractivity contribution in [2.45, 2.75) is 6.18 Å². The fourth-order valence-corrected chi connectivity index (χ4v) is 1.99. The van der Waals surface area contributed by atoms with Crippen molar-refractivity contribution in [1.29, 1.82) is 0 Å². The third-order valence-electron chi connectivity index (χ3n) is 2.48. The zero-order valence-electron chi connectivity index (χ0n) is 9.74. The second-order valence-electron chi connectivity index (χ2n) is 3.83. The van der Waals surface area contributed by atoms with Crippen LogP contribution in [-0.2, 0) is 13.2 Å². The Kier molecular flexibility index (Phi) is 3.47. The number of hydrogen-bond acceptors (Lipinski definition) is 3. The smallest absolute Gasteiger partial charge is 0.451 e. The van der Waals surface area contributed by atoms with E-state index in [1.165, 1.54) is 0 Å². The Morgan fingerprint density at radius 1 is 1.25 bits per heavy atom. The second-order valence-corrected chi connectivity index (χ2v) is 4.64. The molecule has 0 spiro atoms. The van der Waals surface area contributed by atoms with E-state index in [1.807, 2.05) is 0 Å². The van der Waals surface area contributed by atoms with Crippen molar-refractivity contribution in [3.05, 3.63) is 38.5 Å². The van der Waals surface area contributed by atoms with Gasteiger partial charge in [-0.25, -0.2) is 4.79 Å². The quantitative estimate of drug-likeness (QED) is 0.875. The van der Waals surface area contributed by atoms with Crippen LogP contribution in [0.5, 0.6) is 5.75 Å². The Morgan fingerprint density at radius 2 is 1.85 bits per heavy atom. The van der Waals surface area contributed by atoms with Crippen molar-refractivity contribution in [2.75, 3.05) is 0 Å². The summed E-state index contributed by atoms with van der Waals surface area (Å²) < 4.78 is 38.8. The fraction of sp³-hybridized carbons (Fsp3) is 0.200. The summed E-state index contributed by atoms with van der Waals surface area (Å²) in [6, 6.07) is 2.06. The highest BCUT2D eigenvalue weighted by Gasteiger charge is 2.38. The number of halogens is 5. The molecule has 0 unspecified atom stereocenters. The highest BCUT2D eigenvalue weighted by atomic mass is 35.5. The number of nitrogens with zero attached hydrogens (tertiary/aromatic N) is 3. The fourth-order valence-electron chi connectivity index (χ4n) is 1.53. The number of alkyl halides is 3. The average molecular weight is 328 g/mol. The molecule has 1 heterocycles. The molecule has 0 aliphatic heterocycles. The molecule has 1 aromatic carbocycles. The lowest BCUT2D eigenvalue weighted by atomic mass is 10.3. The van der Waals surface area contributed by atoms with Gasteiger partial charge in [-0.2, -0.15) is 17.9 Å². The molecule has 0 amide bonds. The van der Waals surface area contributed by atoms with Gasteiger partial charge in [-0.15, -0.1) is 5.10 Å². The van der Waals surface area contributed by atoms with Crippen molar-refractivity contribution in [3.8, 4) is 11.4 Å². The molecule has 0 fully saturated rings. The van der Waals surface area contributed by atoms with Crippen molar-refractivity contribution in [3.63, 3.8) is 0 Å². The van der Waals surface area contributed by atoms with E-state index >= 15 is 0 Å². The van der Waals surface area contributed by atoms with E-state index in [1.54, 1.807) is 0 Å². The lowest BCUT2D eigenvalue weighted by Gasteiger charge is -2.05. The van der Waals surface area contributed by atoms with Crippen LogP contribution in [0.4, 0.5) is 13.2 Å². The Hall–Kier alpha value is -1.67. The molecule has 0 aliphatic rings. The molecule has 20 heavy (non-hydrogen) atoms. The Bertz CT molecular complexity index is 737. The molecular weight excluding hydrogens is 322 g/mol. The minimum atomic E-state index is -4.79. The summed E-state index contributed by atoms with van der Waals surface area (Å²) in [4.78, 5) is 11.8. The van der Waals surface area contributed by atoms with Crippen molar-refractivity contribution in [2.24, 2.45) is 7.05 Å². The molecule has 2 aromatic rings. The largest absolute Gasteiger partial charge is 0.506 e. The minimum Gasteiger partial charge on any atom is -0.506 e. The van der Waals surface area contributed by atoms with Gasteiger partial charge >= 0.3 is 11.9 Å². The minimum absolute atomic E-state index is 0.0984. The summed E-state index contributed by atoms with van der Waals surface area (Å²) in [5.41, 5.74) is -1.26. The van der Waals surface area contributed by atoms with Gasteiger partial charge in [0.15, 0.2) is 0 Å². The molecule has 0 atom stereocenters. The zero-order chi connectivity index (χ0) is 15.2. The lowest BCUT2D eigenvalue weighted by Crippen LogP contribution is -2.23. The number of phenolic OH excluding ortho intramolecular Hbond substituents is 1.